The first-order chi connectivity index (χ1) is 18.0. The third-order valence-corrected chi connectivity index (χ3v) is 6.65. The number of amides is 2. The van der Waals surface area contributed by atoms with Gasteiger partial charge >= 0.3 is 6.03 Å². The van der Waals surface area contributed by atoms with Crippen molar-refractivity contribution in [2.24, 2.45) is 0 Å². The van der Waals surface area contributed by atoms with E-state index in [9.17, 15) is 9.90 Å². The van der Waals surface area contributed by atoms with Crippen LogP contribution in [-0.2, 0) is 9.47 Å². The lowest BCUT2D eigenvalue weighted by Crippen LogP contribution is -2.34. The van der Waals surface area contributed by atoms with E-state index in [-0.39, 0.29) is 30.5 Å². The number of hydrogen-bond acceptors (Lipinski definition) is 6. The number of nitrogens with one attached hydrogen (secondary N) is 3. The molecule has 10 heteroatoms. The maximum absolute atomic E-state index is 15.0. The molecular weight excluding hydrogens is 479 g/mol. The molecule has 4 heterocycles. The van der Waals surface area contributed by atoms with Gasteiger partial charge in [-0.15, -0.1) is 0 Å². The summed E-state index contributed by atoms with van der Waals surface area (Å²) in [5, 5.41) is 15.1. The highest BCUT2D eigenvalue weighted by molar-refractivity contribution is 5.89. The minimum atomic E-state index is -0.656. The molecule has 2 aliphatic rings. The molecule has 190 valence electrons. The number of benzene rings is 2. The fraction of sp³-hybridized carbons (Fsp3) is 0.259. The molecule has 2 saturated heterocycles. The monoisotopic (exact) mass is 504 g/mol. The van der Waals surface area contributed by atoms with E-state index in [1.807, 2.05) is 48.5 Å². The predicted molar refractivity (Wildman–Crippen MR) is 135 cm³/mol. The van der Waals surface area contributed by atoms with Gasteiger partial charge in [0.15, 0.2) is 17.8 Å². The second-order valence-corrected chi connectivity index (χ2v) is 9.06. The molecule has 2 aromatic carbocycles. The molecule has 9 nitrogen and oxygen atoms in total. The van der Waals surface area contributed by atoms with Crippen molar-refractivity contribution >= 4 is 22.8 Å². The van der Waals surface area contributed by atoms with Crippen LogP contribution in [0.1, 0.15) is 0 Å². The van der Waals surface area contributed by atoms with Crippen molar-refractivity contribution in [3.63, 3.8) is 0 Å². The molecule has 0 radical (unpaired) electrons. The van der Waals surface area contributed by atoms with Crippen LogP contribution in [0.2, 0.25) is 0 Å². The molecule has 4 atom stereocenters. The SMILES string of the molecule is CNC(=O)Nc1ccc(-c2ccc(-c3nc4cc(O[C@@H]5CO[C@H]6[C@@H]5OC[C@H]6O)[nH]c4cc3F)cc2)cc1. The van der Waals surface area contributed by atoms with E-state index in [2.05, 4.69) is 20.6 Å². The van der Waals surface area contributed by atoms with Gasteiger partial charge in [-0.2, -0.15) is 0 Å². The van der Waals surface area contributed by atoms with Crippen LogP contribution >= 0.6 is 0 Å². The fourth-order valence-corrected chi connectivity index (χ4v) is 4.74. The number of nitrogens with zero attached hydrogens (tertiary/aromatic N) is 1. The Balaban J connectivity index is 1.20. The van der Waals surface area contributed by atoms with Crippen molar-refractivity contribution in [1.29, 1.82) is 0 Å². The Bertz CT molecular complexity index is 1440. The largest absolute Gasteiger partial charge is 0.470 e. The van der Waals surface area contributed by atoms with Crippen LogP contribution in [0.15, 0.2) is 60.7 Å². The molecule has 2 amide bonds. The van der Waals surface area contributed by atoms with E-state index < -0.39 is 18.0 Å². The number of hydrogen-bond donors (Lipinski definition) is 4. The fourth-order valence-electron chi connectivity index (χ4n) is 4.74. The van der Waals surface area contributed by atoms with Crippen LogP contribution in [0, 0.1) is 5.82 Å². The average Bonchev–Trinajstić information content (AvgIpc) is 3.60. The molecule has 37 heavy (non-hydrogen) atoms. The predicted octanol–water partition coefficient (Wildman–Crippen LogP) is 3.69. The van der Waals surface area contributed by atoms with Crippen molar-refractivity contribution in [2.45, 2.75) is 24.4 Å². The smallest absolute Gasteiger partial charge is 0.318 e. The third-order valence-electron chi connectivity index (χ3n) is 6.65. The Morgan fingerprint density at radius 3 is 2.43 bits per heavy atom. The van der Waals surface area contributed by atoms with Crippen LogP contribution in [0.3, 0.4) is 0 Å². The van der Waals surface area contributed by atoms with Gasteiger partial charge in [0.2, 0.25) is 0 Å². The minimum Gasteiger partial charge on any atom is -0.470 e. The summed E-state index contributed by atoms with van der Waals surface area (Å²) >= 11 is 0. The molecule has 0 saturated carbocycles. The van der Waals surface area contributed by atoms with E-state index in [0.29, 0.717) is 34.8 Å². The normalized spacial score (nSPS) is 22.7. The molecule has 6 rings (SSSR count). The lowest BCUT2D eigenvalue weighted by molar-refractivity contribution is 0.00794. The Hall–Kier alpha value is -3.99. The quantitative estimate of drug-likeness (QED) is 0.329. The number of anilines is 1. The van der Waals surface area contributed by atoms with Crippen LogP contribution in [-0.4, -0.2) is 65.8 Å². The van der Waals surface area contributed by atoms with Gasteiger partial charge in [-0.25, -0.2) is 14.2 Å². The number of aromatic nitrogens is 2. The van der Waals surface area contributed by atoms with Gasteiger partial charge in [0, 0.05) is 30.4 Å². The number of aliphatic hydroxyl groups is 1. The summed E-state index contributed by atoms with van der Waals surface area (Å²) in [6.07, 6.45) is -1.77. The summed E-state index contributed by atoms with van der Waals surface area (Å²) in [6, 6.07) is 17.7. The third kappa shape index (κ3) is 4.50. The average molecular weight is 505 g/mol. The first-order valence-electron chi connectivity index (χ1n) is 12.0. The van der Waals surface area contributed by atoms with Crippen LogP contribution in [0.25, 0.3) is 33.4 Å². The topological polar surface area (TPSA) is 118 Å². The number of ether oxygens (including phenoxy) is 3. The summed E-state index contributed by atoms with van der Waals surface area (Å²) < 4.78 is 32.2. The van der Waals surface area contributed by atoms with E-state index in [1.54, 1.807) is 13.1 Å². The highest BCUT2D eigenvalue weighted by Crippen LogP contribution is 2.32. The van der Waals surface area contributed by atoms with Gasteiger partial charge in [0.1, 0.15) is 24.0 Å². The molecule has 2 aromatic heterocycles. The summed E-state index contributed by atoms with van der Waals surface area (Å²) in [5.74, 6) is -0.0206. The maximum atomic E-state index is 15.0. The van der Waals surface area contributed by atoms with Gasteiger partial charge in [-0.05, 0) is 23.3 Å². The number of carbonyl (C=O) groups excluding carboxylic acids is 1. The number of aromatic amines is 1. The summed E-state index contributed by atoms with van der Waals surface area (Å²) in [6.45, 7) is 0.519. The Labute approximate surface area is 211 Å². The summed E-state index contributed by atoms with van der Waals surface area (Å²) in [7, 11) is 1.56. The molecule has 4 N–H and O–H groups in total. The molecule has 0 spiro atoms. The first-order valence-corrected chi connectivity index (χ1v) is 12.0. The van der Waals surface area contributed by atoms with Crippen LogP contribution in [0.4, 0.5) is 14.9 Å². The zero-order chi connectivity index (χ0) is 25.5. The Morgan fingerprint density at radius 2 is 1.70 bits per heavy atom. The van der Waals surface area contributed by atoms with Gasteiger partial charge in [0.05, 0.1) is 24.2 Å². The van der Waals surface area contributed by atoms with E-state index in [4.69, 9.17) is 14.2 Å². The highest BCUT2D eigenvalue weighted by atomic mass is 19.1. The zero-order valence-electron chi connectivity index (χ0n) is 19.9. The zero-order valence-corrected chi connectivity index (χ0v) is 19.9. The van der Waals surface area contributed by atoms with Crippen molar-refractivity contribution in [3.05, 3.63) is 66.5 Å². The number of H-pyrrole nitrogens is 1. The maximum Gasteiger partial charge on any atom is 0.318 e. The summed E-state index contributed by atoms with van der Waals surface area (Å²) in [5.41, 5.74) is 4.56. The van der Waals surface area contributed by atoms with E-state index in [0.717, 1.165) is 11.1 Å². The van der Waals surface area contributed by atoms with Crippen LogP contribution < -0.4 is 15.4 Å². The highest BCUT2D eigenvalue weighted by Gasteiger charge is 2.48. The van der Waals surface area contributed by atoms with Gasteiger partial charge in [-0.3, -0.25) is 0 Å². The number of halogens is 1. The van der Waals surface area contributed by atoms with E-state index >= 15 is 4.39 Å². The Kier molecular flexibility index (Phi) is 5.99. The standard InChI is InChI=1S/C27H25FN4O5/c1-29-27(34)30-17-8-6-15(7-9-17)14-2-4-16(5-3-14)24-18(28)10-19-20(32-24)11-23(31-19)37-22-13-36-25-21(33)12-35-26(22)25/h2-11,21-22,25-26,31,33H,12-13H2,1H3,(H2,29,30,34)/t21-,22-,25-,26-/m1/s1. The van der Waals surface area contributed by atoms with Crippen molar-refractivity contribution in [3.8, 4) is 28.3 Å². The number of carbonyl (C=O) groups is 1. The minimum absolute atomic E-state index is 0.219. The van der Waals surface area contributed by atoms with E-state index in [1.165, 1.54) is 6.07 Å². The second-order valence-electron chi connectivity index (χ2n) is 9.06. The lowest BCUT2D eigenvalue weighted by Gasteiger charge is -2.16. The van der Waals surface area contributed by atoms with Gasteiger partial charge < -0.3 is 34.9 Å². The van der Waals surface area contributed by atoms with Crippen molar-refractivity contribution < 1.29 is 28.5 Å². The number of fused-ring (bicyclic) bond motifs is 2. The van der Waals surface area contributed by atoms with Crippen molar-refractivity contribution in [1.82, 2.24) is 15.3 Å². The number of rotatable bonds is 5. The van der Waals surface area contributed by atoms with Crippen LogP contribution in [0.5, 0.6) is 5.88 Å². The molecular formula is C27H25FN4O5. The first kappa shape index (κ1) is 23.4. The number of urea groups is 1. The van der Waals surface area contributed by atoms with Gasteiger partial charge in [0.25, 0.3) is 0 Å². The lowest BCUT2D eigenvalue weighted by atomic mass is 10.0. The molecule has 0 aliphatic carbocycles. The number of aliphatic hydroxyl groups excluding tert-OH is 1. The molecule has 4 aromatic rings. The molecule has 0 bridgehead atoms. The summed E-state index contributed by atoms with van der Waals surface area (Å²) in [4.78, 5) is 19.0. The molecule has 0 unspecified atom stereocenters. The number of pyridine rings is 1. The van der Waals surface area contributed by atoms with Gasteiger partial charge in [-0.1, -0.05) is 36.4 Å². The molecule has 2 aliphatic heterocycles. The van der Waals surface area contributed by atoms with Crippen molar-refractivity contribution in [2.75, 3.05) is 25.6 Å². The molecule has 2 fully saturated rings. The second kappa shape index (κ2) is 9.47. The Morgan fingerprint density at radius 1 is 1.03 bits per heavy atom.